The summed E-state index contributed by atoms with van der Waals surface area (Å²) in [6.45, 7) is 1.16. The lowest BCUT2D eigenvalue weighted by molar-refractivity contribution is -0.138. The van der Waals surface area contributed by atoms with E-state index in [1.807, 2.05) is 0 Å². The lowest BCUT2D eigenvalue weighted by atomic mass is 10.0. The van der Waals surface area contributed by atoms with E-state index in [4.69, 9.17) is 5.11 Å². The van der Waals surface area contributed by atoms with Crippen LogP contribution in [-0.2, 0) is 9.59 Å². The smallest absolute Gasteiger partial charge is 0.305 e. The quantitative estimate of drug-likeness (QED) is 0.694. The van der Waals surface area contributed by atoms with Crippen LogP contribution < -0.4 is 5.32 Å². The molecule has 0 bridgehead atoms. The first-order valence-electron chi connectivity index (χ1n) is 5.31. The van der Waals surface area contributed by atoms with Gasteiger partial charge in [0.05, 0.1) is 12.5 Å². The number of nitrogens with zero attached hydrogens (tertiary/aromatic N) is 1. The number of hydrogen-bond acceptors (Lipinski definition) is 3. The highest BCUT2D eigenvalue weighted by Gasteiger charge is 2.23. The van der Waals surface area contributed by atoms with Crippen molar-refractivity contribution < 1.29 is 14.7 Å². The molecular formula is C10H18N2O3. The van der Waals surface area contributed by atoms with Crippen LogP contribution >= 0.6 is 0 Å². The van der Waals surface area contributed by atoms with Gasteiger partial charge in [-0.15, -0.1) is 0 Å². The predicted octanol–water partition coefficient (Wildman–Crippen LogP) is 0.0616. The number of carboxylic acids is 1. The summed E-state index contributed by atoms with van der Waals surface area (Å²) in [5.74, 6) is -0.859. The fourth-order valence-corrected chi connectivity index (χ4v) is 1.70. The average molecular weight is 214 g/mol. The maximum Gasteiger partial charge on any atom is 0.305 e. The summed E-state index contributed by atoms with van der Waals surface area (Å²) >= 11 is 0. The molecule has 0 aromatic heterocycles. The second-order valence-electron chi connectivity index (χ2n) is 3.91. The molecule has 1 heterocycles. The second-order valence-corrected chi connectivity index (χ2v) is 3.91. The Hall–Kier alpha value is -1.10. The van der Waals surface area contributed by atoms with Crippen molar-refractivity contribution >= 4 is 11.9 Å². The molecule has 0 aliphatic carbocycles. The van der Waals surface area contributed by atoms with E-state index in [9.17, 15) is 9.59 Å². The molecule has 0 radical (unpaired) electrons. The minimum Gasteiger partial charge on any atom is -0.481 e. The van der Waals surface area contributed by atoms with E-state index in [-0.39, 0.29) is 24.9 Å². The molecule has 1 saturated heterocycles. The average Bonchev–Trinajstić information content (AvgIpc) is 2.26. The molecule has 1 aliphatic rings. The standard InChI is InChI=1S/C10H18N2O3/c1-12(7-5-9(13)14)10(15)8-4-2-3-6-11-8/h8,11H,2-7H2,1H3,(H,13,14)/t8-/m1/s1. The zero-order valence-electron chi connectivity index (χ0n) is 9.03. The molecule has 1 rings (SSSR count). The van der Waals surface area contributed by atoms with Gasteiger partial charge in [-0.3, -0.25) is 9.59 Å². The number of hydrogen-bond donors (Lipinski definition) is 2. The fraction of sp³-hybridized carbons (Fsp3) is 0.800. The molecule has 1 fully saturated rings. The normalized spacial score (nSPS) is 21.0. The van der Waals surface area contributed by atoms with Gasteiger partial charge in [0.2, 0.25) is 5.91 Å². The van der Waals surface area contributed by atoms with Crippen molar-refractivity contribution in [3.63, 3.8) is 0 Å². The molecular weight excluding hydrogens is 196 g/mol. The van der Waals surface area contributed by atoms with Crippen molar-refractivity contribution in [3.8, 4) is 0 Å². The maximum atomic E-state index is 11.8. The second kappa shape index (κ2) is 5.70. The first-order chi connectivity index (χ1) is 7.11. The zero-order chi connectivity index (χ0) is 11.3. The number of carbonyl (C=O) groups is 2. The Labute approximate surface area is 89.4 Å². The molecule has 5 nitrogen and oxygen atoms in total. The molecule has 0 aromatic carbocycles. The molecule has 86 valence electrons. The molecule has 0 aromatic rings. The Morgan fingerprint density at radius 1 is 1.47 bits per heavy atom. The number of piperidine rings is 1. The van der Waals surface area contributed by atoms with Crippen LogP contribution in [0.5, 0.6) is 0 Å². The van der Waals surface area contributed by atoms with E-state index in [0.29, 0.717) is 0 Å². The third kappa shape index (κ3) is 3.87. The van der Waals surface area contributed by atoms with Crippen molar-refractivity contribution in [1.82, 2.24) is 10.2 Å². The highest BCUT2D eigenvalue weighted by molar-refractivity contribution is 5.82. The van der Waals surface area contributed by atoms with Crippen LogP contribution in [0.1, 0.15) is 25.7 Å². The van der Waals surface area contributed by atoms with Crippen molar-refractivity contribution in [2.24, 2.45) is 0 Å². The van der Waals surface area contributed by atoms with Gasteiger partial charge in [-0.2, -0.15) is 0 Å². The van der Waals surface area contributed by atoms with E-state index in [1.54, 1.807) is 7.05 Å². The van der Waals surface area contributed by atoms with E-state index in [2.05, 4.69) is 5.32 Å². The van der Waals surface area contributed by atoms with Gasteiger partial charge in [0.1, 0.15) is 0 Å². The zero-order valence-corrected chi connectivity index (χ0v) is 9.03. The summed E-state index contributed by atoms with van der Waals surface area (Å²) in [5, 5.41) is 11.6. The van der Waals surface area contributed by atoms with Crippen molar-refractivity contribution in [3.05, 3.63) is 0 Å². The SMILES string of the molecule is CN(CCC(=O)O)C(=O)[C@H]1CCCCN1. The largest absolute Gasteiger partial charge is 0.481 e. The van der Waals surface area contributed by atoms with Crippen molar-refractivity contribution in [1.29, 1.82) is 0 Å². The summed E-state index contributed by atoms with van der Waals surface area (Å²) in [6, 6.07) is -0.113. The Morgan fingerprint density at radius 3 is 2.73 bits per heavy atom. The Kier molecular flexibility index (Phi) is 4.55. The first kappa shape index (κ1) is 12.0. The minimum absolute atomic E-state index is 0.00889. The highest BCUT2D eigenvalue weighted by Crippen LogP contribution is 2.09. The topological polar surface area (TPSA) is 69.6 Å². The van der Waals surface area contributed by atoms with Crippen LogP contribution in [-0.4, -0.2) is 48.1 Å². The van der Waals surface area contributed by atoms with Crippen LogP contribution in [0.2, 0.25) is 0 Å². The van der Waals surface area contributed by atoms with Crippen LogP contribution in [0.15, 0.2) is 0 Å². The van der Waals surface area contributed by atoms with Gasteiger partial charge >= 0.3 is 5.97 Å². The summed E-state index contributed by atoms with van der Waals surface area (Å²) in [7, 11) is 1.65. The monoisotopic (exact) mass is 214 g/mol. The molecule has 2 N–H and O–H groups in total. The third-order valence-electron chi connectivity index (χ3n) is 2.65. The number of nitrogens with one attached hydrogen (secondary N) is 1. The lowest BCUT2D eigenvalue weighted by Gasteiger charge is -2.27. The summed E-state index contributed by atoms with van der Waals surface area (Å²) in [5.41, 5.74) is 0. The molecule has 5 heteroatoms. The first-order valence-corrected chi connectivity index (χ1v) is 5.31. The maximum absolute atomic E-state index is 11.8. The molecule has 1 atom stereocenters. The van der Waals surface area contributed by atoms with Gasteiger partial charge < -0.3 is 15.3 Å². The van der Waals surface area contributed by atoms with Crippen molar-refractivity contribution in [2.75, 3.05) is 20.1 Å². The minimum atomic E-state index is -0.869. The highest BCUT2D eigenvalue weighted by atomic mass is 16.4. The van der Waals surface area contributed by atoms with Crippen LogP contribution in [0.25, 0.3) is 0 Å². The van der Waals surface area contributed by atoms with Gasteiger partial charge in [0.15, 0.2) is 0 Å². The third-order valence-corrected chi connectivity index (χ3v) is 2.65. The van der Waals surface area contributed by atoms with E-state index < -0.39 is 5.97 Å². The Bertz CT molecular complexity index is 237. The Balaban J connectivity index is 2.33. The predicted molar refractivity (Wildman–Crippen MR) is 55.5 cm³/mol. The molecule has 0 saturated carbocycles. The van der Waals surface area contributed by atoms with Crippen LogP contribution in [0.3, 0.4) is 0 Å². The van der Waals surface area contributed by atoms with Gasteiger partial charge in [-0.1, -0.05) is 6.42 Å². The molecule has 0 unspecified atom stereocenters. The van der Waals surface area contributed by atoms with Crippen LogP contribution in [0.4, 0.5) is 0 Å². The van der Waals surface area contributed by atoms with E-state index in [1.165, 1.54) is 4.90 Å². The van der Waals surface area contributed by atoms with Gasteiger partial charge in [-0.25, -0.2) is 0 Å². The summed E-state index contributed by atoms with van der Waals surface area (Å²) < 4.78 is 0. The van der Waals surface area contributed by atoms with E-state index >= 15 is 0 Å². The molecule has 15 heavy (non-hydrogen) atoms. The van der Waals surface area contributed by atoms with Gasteiger partial charge in [0.25, 0.3) is 0 Å². The van der Waals surface area contributed by atoms with Crippen molar-refractivity contribution in [2.45, 2.75) is 31.7 Å². The fourth-order valence-electron chi connectivity index (χ4n) is 1.70. The lowest BCUT2D eigenvalue weighted by Crippen LogP contribution is -2.47. The number of carboxylic acid groups (broad SMARTS) is 1. The van der Waals surface area contributed by atoms with E-state index in [0.717, 1.165) is 25.8 Å². The number of carbonyl (C=O) groups excluding carboxylic acids is 1. The molecule has 0 spiro atoms. The van der Waals surface area contributed by atoms with Gasteiger partial charge in [0, 0.05) is 13.6 Å². The number of amides is 1. The summed E-state index contributed by atoms with van der Waals surface area (Å²) in [6.07, 6.45) is 3.05. The summed E-state index contributed by atoms with van der Waals surface area (Å²) in [4.78, 5) is 23.6. The number of aliphatic carboxylic acids is 1. The number of likely N-dealkylation sites (N-methyl/N-ethyl adjacent to an activating group) is 1. The molecule has 1 aliphatic heterocycles. The number of rotatable bonds is 4. The molecule has 1 amide bonds. The van der Waals surface area contributed by atoms with Gasteiger partial charge in [-0.05, 0) is 19.4 Å². The Morgan fingerprint density at radius 2 is 2.20 bits per heavy atom. The van der Waals surface area contributed by atoms with Crippen LogP contribution in [0, 0.1) is 0 Å².